The van der Waals surface area contributed by atoms with E-state index in [0.717, 1.165) is 6.07 Å². The number of halogens is 2. The van der Waals surface area contributed by atoms with Crippen molar-refractivity contribution in [1.82, 2.24) is 4.98 Å². The fourth-order valence-electron chi connectivity index (χ4n) is 1.05. The minimum Gasteiger partial charge on any atom is -0.397 e. The molecule has 0 spiro atoms. The lowest BCUT2D eigenvalue weighted by Crippen LogP contribution is -2.18. The third-order valence-electron chi connectivity index (χ3n) is 1.54. The number of alkyl halides is 2. The number of sulfonamides is 1. The zero-order valence-corrected chi connectivity index (χ0v) is 8.13. The van der Waals surface area contributed by atoms with Gasteiger partial charge in [-0.15, -0.1) is 0 Å². The Hall–Kier alpha value is -1.48. The summed E-state index contributed by atoms with van der Waals surface area (Å²) in [7, 11) is -4.35. The third-order valence-corrected chi connectivity index (χ3v) is 2.55. The van der Waals surface area contributed by atoms with Crippen molar-refractivity contribution in [2.75, 3.05) is 11.5 Å². The van der Waals surface area contributed by atoms with E-state index < -0.39 is 32.7 Å². The van der Waals surface area contributed by atoms with Crippen LogP contribution in [-0.2, 0) is 10.0 Å². The van der Waals surface area contributed by atoms with Crippen LogP contribution in [0.1, 0.15) is 12.1 Å². The second kappa shape index (κ2) is 3.59. The van der Waals surface area contributed by atoms with E-state index in [-0.39, 0.29) is 5.82 Å². The molecule has 1 heterocycles. The summed E-state index contributed by atoms with van der Waals surface area (Å²) in [6, 6.07) is 0.950. The standard InChI is InChI=1S/C6H8F2N4O2S/c7-6(8)4-5(15(11,13)14)2(9)1-3(10)12-4/h1,6H,(H4,9,10,12)(H2,11,13,14). The van der Waals surface area contributed by atoms with Crippen molar-refractivity contribution in [2.45, 2.75) is 11.3 Å². The van der Waals surface area contributed by atoms with Crippen LogP contribution in [0.4, 0.5) is 20.3 Å². The Labute approximate surface area is 84.1 Å². The number of rotatable bonds is 2. The lowest BCUT2D eigenvalue weighted by Gasteiger charge is -2.09. The predicted octanol–water partition coefficient (Wildman–Crippen LogP) is -0.169. The first-order valence-electron chi connectivity index (χ1n) is 3.60. The highest BCUT2D eigenvalue weighted by atomic mass is 32.2. The van der Waals surface area contributed by atoms with E-state index in [9.17, 15) is 17.2 Å². The lowest BCUT2D eigenvalue weighted by atomic mass is 10.3. The highest BCUT2D eigenvalue weighted by Gasteiger charge is 2.25. The van der Waals surface area contributed by atoms with Crippen LogP contribution in [0.2, 0.25) is 0 Å². The molecule has 0 aromatic carbocycles. The molecule has 0 aliphatic rings. The van der Waals surface area contributed by atoms with Crippen LogP contribution in [0.5, 0.6) is 0 Å². The summed E-state index contributed by atoms with van der Waals surface area (Å²) >= 11 is 0. The molecule has 15 heavy (non-hydrogen) atoms. The van der Waals surface area contributed by atoms with E-state index in [1.54, 1.807) is 0 Å². The van der Waals surface area contributed by atoms with E-state index in [1.807, 2.05) is 0 Å². The number of hydrogen-bond donors (Lipinski definition) is 3. The van der Waals surface area contributed by atoms with Crippen molar-refractivity contribution in [3.63, 3.8) is 0 Å². The summed E-state index contributed by atoms with van der Waals surface area (Å²) in [5, 5.41) is 4.72. The fraction of sp³-hybridized carbons (Fsp3) is 0.167. The Kier molecular flexibility index (Phi) is 2.77. The Morgan fingerprint density at radius 3 is 2.27 bits per heavy atom. The molecular weight excluding hydrogens is 230 g/mol. The highest BCUT2D eigenvalue weighted by Crippen LogP contribution is 2.29. The smallest absolute Gasteiger partial charge is 0.281 e. The first kappa shape index (κ1) is 11.6. The first-order chi connectivity index (χ1) is 6.73. The molecule has 6 nitrogen and oxygen atoms in total. The molecule has 1 aromatic rings. The molecule has 0 radical (unpaired) electrons. The molecule has 0 saturated carbocycles. The van der Waals surface area contributed by atoms with Gasteiger partial charge in [0.15, 0.2) is 0 Å². The van der Waals surface area contributed by atoms with Gasteiger partial charge in [0.05, 0.1) is 5.69 Å². The largest absolute Gasteiger partial charge is 0.397 e. The van der Waals surface area contributed by atoms with Gasteiger partial charge in [0, 0.05) is 6.07 Å². The van der Waals surface area contributed by atoms with Gasteiger partial charge in [-0.1, -0.05) is 0 Å². The molecule has 1 aromatic heterocycles. The summed E-state index contributed by atoms with van der Waals surface area (Å²) in [5.74, 6) is -0.296. The number of nitrogens with two attached hydrogens (primary N) is 3. The topological polar surface area (TPSA) is 125 Å². The van der Waals surface area contributed by atoms with Gasteiger partial charge in [-0.2, -0.15) is 0 Å². The summed E-state index contributed by atoms with van der Waals surface area (Å²) in [5.41, 5.74) is 8.91. The molecular formula is C6H8F2N4O2S. The summed E-state index contributed by atoms with van der Waals surface area (Å²) in [6.07, 6.45) is -3.12. The van der Waals surface area contributed by atoms with Crippen molar-refractivity contribution in [1.29, 1.82) is 0 Å². The van der Waals surface area contributed by atoms with Crippen molar-refractivity contribution in [3.8, 4) is 0 Å². The van der Waals surface area contributed by atoms with Gasteiger partial charge in [-0.05, 0) is 0 Å². The maximum absolute atomic E-state index is 12.4. The Morgan fingerprint density at radius 1 is 1.33 bits per heavy atom. The first-order valence-corrected chi connectivity index (χ1v) is 5.15. The van der Waals surface area contributed by atoms with Crippen LogP contribution in [0, 0.1) is 0 Å². The highest BCUT2D eigenvalue weighted by molar-refractivity contribution is 7.89. The monoisotopic (exact) mass is 238 g/mol. The van der Waals surface area contributed by atoms with Crippen molar-refractivity contribution in [3.05, 3.63) is 11.8 Å². The molecule has 6 N–H and O–H groups in total. The van der Waals surface area contributed by atoms with Gasteiger partial charge in [0.25, 0.3) is 6.43 Å². The summed E-state index contributed by atoms with van der Waals surface area (Å²) < 4.78 is 46.8. The van der Waals surface area contributed by atoms with Gasteiger partial charge < -0.3 is 11.5 Å². The number of anilines is 2. The number of primary sulfonamides is 1. The number of nitrogens with zero attached hydrogens (tertiary/aromatic N) is 1. The van der Waals surface area contributed by atoms with Crippen LogP contribution in [0.25, 0.3) is 0 Å². The molecule has 84 valence electrons. The van der Waals surface area contributed by atoms with E-state index in [2.05, 4.69) is 4.98 Å². The van der Waals surface area contributed by atoms with Crippen LogP contribution in [0.3, 0.4) is 0 Å². The Bertz CT molecular complexity index is 488. The molecule has 0 amide bonds. The molecule has 0 atom stereocenters. The Morgan fingerprint density at radius 2 is 1.87 bits per heavy atom. The summed E-state index contributed by atoms with van der Waals surface area (Å²) in [6.45, 7) is 0. The fourth-order valence-corrected chi connectivity index (χ4v) is 1.87. The number of aromatic nitrogens is 1. The van der Waals surface area contributed by atoms with Gasteiger partial charge in [0.2, 0.25) is 10.0 Å². The molecule has 0 fully saturated rings. The minimum atomic E-state index is -4.35. The molecule has 9 heteroatoms. The summed E-state index contributed by atoms with van der Waals surface area (Å²) in [4.78, 5) is 2.31. The zero-order chi connectivity index (χ0) is 11.8. The normalized spacial score (nSPS) is 12.0. The molecule has 0 bridgehead atoms. The molecule has 0 aliphatic carbocycles. The maximum atomic E-state index is 12.4. The maximum Gasteiger partial charge on any atom is 0.281 e. The van der Waals surface area contributed by atoms with Crippen LogP contribution < -0.4 is 16.6 Å². The van der Waals surface area contributed by atoms with Crippen LogP contribution in [-0.4, -0.2) is 13.4 Å². The van der Waals surface area contributed by atoms with Crippen molar-refractivity contribution in [2.24, 2.45) is 5.14 Å². The lowest BCUT2D eigenvalue weighted by molar-refractivity contribution is 0.142. The van der Waals surface area contributed by atoms with Gasteiger partial charge in [0.1, 0.15) is 16.4 Å². The van der Waals surface area contributed by atoms with E-state index in [1.165, 1.54) is 0 Å². The van der Waals surface area contributed by atoms with Crippen molar-refractivity contribution >= 4 is 21.5 Å². The molecule has 1 rings (SSSR count). The second-order valence-corrected chi connectivity index (χ2v) is 4.19. The number of pyridine rings is 1. The van der Waals surface area contributed by atoms with Gasteiger partial charge >= 0.3 is 0 Å². The zero-order valence-electron chi connectivity index (χ0n) is 7.31. The second-order valence-electron chi connectivity index (χ2n) is 2.70. The quantitative estimate of drug-likeness (QED) is 0.659. The number of nitrogen functional groups attached to an aromatic ring is 2. The van der Waals surface area contributed by atoms with Crippen molar-refractivity contribution < 1.29 is 17.2 Å². The number of hydrogen-bond acceptors (Lipinski definition) is 5. The van der Waals surface area contributed by atoms with Gasteiger partial charge in [-0.3, -0.25) is 0 Å². The molecule has 0 aliphatic heterocycles. The minimum absolute atomic E-state index is 0.296. The predicted molar refractivity (Wildman–Crippen MR) is 49.4 cm³/mol. The average Bonchev–Trinajstić information content (AvgIpc) is 1.99. The van der Waals surface area contributed by atoms with Crippen LogP contribution >= 0.6 is 0 Å². The van der Waals surface area contributed by atoms with Crippen LogP contribution in [0.15, 0.2) is 11.0 Å². The van der Waals surface area contributed by atoms with E-state index in [4.69, 9.17) is 16.6 Å². The van der Waals surface area contributed by atoms with Gasteiger partial charge in [-0.25, -0.2) is 27.3 Å². The molecule has 0 saturated heterocycles. The van der Waals surface area contributed by atoms with E-state index >= 15 is 0 Å². The molecule has 0 unspecified atom stereocenters. The van der Waals surface area contributed by atoms with E-state index in [0.29, 0.717) is 0 Å². The average molecular weight is 238 g/mol. The Balaban J connectivity index is 3.62. The SMILES string of the molecule is Nc1cc(N)c(S(N)(=O)=O)c(C(F)F)n1. The third kappa shape index (κ3) is 2.30.